The zero-order valence-corrected chi connectivity index (χ0v) is 14.1. The fourth-order valence-electron chi connectivity index (χ4n) is 2.84. The molecule has 0 radical (unpaired) electrons. The van der Waals surface area contributed by atoms with Crippen molar-refractivity contribution in [1.29, 1.82) is 0 Å². The Morgan fingerprint density at radius 2 is 2.00 bits per heavy atom. The van der Waals surface area contributed by atoms with Crippen molar-refractivity contribution in [2.24, 2.45) is 0 Å². The molecule has 7 heteroatoms. The molecule has 1 aliphatic carbocycles. The molecule has 1 unspecified atom stereocenters. The van der Waals surface area contributed by atoms with E-state index in [1.54, 1.807) is 31.4 Å². The average molecular weight is 332 g/mol. The smallest absolute Gasteiger partial charge is 0.210 e. The number of hydrogen-bond donors (Lipinski definition) is 0. The summed E-state index contributed by atoms with van der Waals surface area (Å²) in [5, 5.41) is 12.5. The van der Waals surface area contributed by atoms with E-state index < -0.39 is 0 Å². The number of Topliss-reactive ketones (excluding diaryl/α,β-unsaturated/α-hetero) is 1. The topological polar surface area (TPSA) is 69.9 Å². The number of benzene rings is 1. The predicted octanol–water partition coefficient (Wildman–Crippen LogP) is 3.16. The highest BCUT2D eigenvalue weighted by Gasteiger charge is 2.25. The van der Waals surface area contributed by atoms with Crippen molar-refractivity contribution < 1.29 is 9.53 Å². The fourth-order valence-corrected chi connectivity index (χ4v) is 3.78. The molecule has 1 heterocycles. The lowest BCUT2D eigenvalue weighted by atomic mass is 10.1. The number of aromatic nitrogens is 4. The van der Waals surface area contributed by atoms with Crippen molar-refractivity contribution in [1.82, 2.24) is 20.2 Å². The number of nitrogens with zero attached hydrogens (tertiary/aromatic N) is 4. The monoisotopic (exact) mass is 332 g/mol. The SMILES string of the molecule is COc1ccc(C(=O)C(C)Sc2nnnn2C2CCCC2)cc1. The van der Waals surface area contributed by atoms with E-state index in [1.165, 1.54) is 24.6 Å². The van der Waals surface area contributed by atoms with Crippen LogP contribution in [0.2, 0.25) is 0 Å². The molecule has 122 valence electrons. The van der Waals surface area contributed by atoms with Crippen LogP contribution in [0.5, 0.6) is 5.75 Å². The summed E-state index contributed by atoms with van der Waals surface area (Å²) in [6.45, 7) is 1.89. The zero-order chi connectivity index (χ0) is 16.2. The maximum absolute atomic E-state index is 12.6. The van der Waals surface area contributed by atoms with E-state index in [4.69, 9.17) is 4.74 Å². The highest BCUT2D eigenvalue weighted by molar-refractivity contribution is 8.00. The van der Waals surface area contributed by atoms with Crippen molar-refractivity contribution in [3.05, 3.63) is 29.8 Å². The van der Waals surface area contributed by atoms with Crippen molar-refractivity contribution >= 4 is 17.5 Å². The van der Waals surface area contributed by atoms with Crippen LogP contribution in [0.1, 0.15) is 49.0 Å². The molecule has 0 spiro atoms. The van der Waals surface area contributed by atoms with Gasteiger partial charge in [-0.25, -0.2) is 4.68 Å². The highest BCUT2D eigenvalue weighted by Crippen LogP contribution is 2.33. The van der Waals surface area contributed by atoms with Gasteiger partial charge in [0.05, 0.1) is 18.4 Å². The van der Waals surface area contributed by atoms with E-state index in [0.717, 1.165) is 23.7 Å². The number of thioether (sulfide) groups is 1. The van der Waals surface area contributed by atoms with Gasteiger partial charge in [-0.1, -0.05) is 24.6 Å². The number of methoxy groups -OCH3 is 1. The Morgan fingerprint density at radius 3 is 2.65 bits per heavy atom. The Balaban J connectivity index is 1.69. The molecule has 1 aromatic heterocycles. The van der Waals surface area contributed by atoms with Gasteiger partial charge in [0, 0.05) is 5.56 Å². The first-order chi connectivity index (χ1) is 11.2. The van der Waals surface area contributed by atoms with Gasteiger partial charge in [0.2, 0.25) is 5.16 Å². The summed E-state index contributed by atoms with van der Waals surface area (Å²) >= 11 is 1.42. The molecule has 0 N–H and O–H groups in total. The molecule has 0 aliphatic heterocycles. The Labute approximate surface area is 139 Å². The van der Waals surface area contributed by atoms with E-state index in [-0.39, 0.29) is 11.0 Å². The summed E-state index contributed by atoms with van der Waals surface area (Å²) in [7, 11) is 1.61. The Kier molecular flexibility index (Phi) is 4.95. The maximum Gasteiger partial charge on any atom is 0.210 e. The molecule has 6 nitrogen and oxygen atoms in total. The van der Waals surface area contributed by atoms with E-state index in [1.807, 2.05) is 11.6 Å². The quantitative estimate of drug-likeness (QED) is 0.598. The van der Waals surface area contributed by atoms with Crippen LogP contribution in [0, 0.1) is 0 Å². The molecule has 0 amide bonds. The van der Waals surface area contributed by atoms with Gasteiger partial charge in [-0.05, 0) is 54.5 Å². The Bertz CT molecular complexity index is 665. The molecule has 3 rings (SSSR count). The molecule has 1 atom stereocenters. The van der Waals surface area contributed by atoms with Crippen LogP contribution in [0.3, 0.4) is 0 Å². The van der Waals surface area contributed by atoms with Crippen LogP contribution >= 0.6 is 11.8 Å². The van der Waals surface area contributed by atoms with Gasteiger partial charge in [-0.2, -0.15) is 0 Å². The lowest BCUT2D eigenvalue weighted by Gasteiger charge is -2.13. The number of carbonyl (C=O) groups is 1. The summed E-state index contributed by atoms with van der Waals surface area (Å²) in [6.07, 6.45) is 4.66. The van der Waals surface area contributed by atoms with Crippen LogP contribution in [0.15, 0.2) is 29.4 Å². The largest absolute Gasteiger partial charge is 0.497 e. The van der Waals surface area contributed by atoms with Crippen LogP contribution < -0.4 is 4.74 Å². The molecule has 1 aromatic carbocycles. The molecule has 2 aromatic rings. The second kappa shape index (κ2) is 7.12. The molecular formula is C16H20N4O2S. The molecule has 0 saturated heterocycles. The highest BCUT2D eigenvalue weighted by atomic mass is 32.2. The van der Waals surface area contributed by atoms with Gasteiger partial charge < -0.3 is 4.74 Å². The van der Waals surface area contributed by atoms with E-state index >= 15 is 0 Å². The van der Waals surface area contributed by atoms with Crippen LogP contribution in [0.25, 0.3) is 0 Å². The normalized spacial score (nSPS) is 16.4. The van der Waals surface area contributed by atoms with Crippen LogP contribution in [0.4, 0.5) is 0 Å². The average Bonchev–Trinajstić information content (AvgIpc) is 3.25. The minimum absolute atomic E-state index is 0.0682. The standard InChI is InChI=1S/C16H20N4O2S/c1-11(15(21)12-7-9-14(22-2)10-8-12)23-16-17-18-19-20(16)13-5-3-4-6-13/h7-11,13H,3-6H2,1-2H3. The lowest BCUT2D eigenvalue weighted by Crippen LogP contribution is -2.16. The van der Waals surface area contributed by atoms with Crippen molar-refractivity contribution in [2.75, 3.05) is 7.11 Å². The van der Waals surface area contributed by atoms with Crippen molar-refractivity contribution in [3.8, 4) is 5.75 Å². The van der Waals surface area contributed by atoms with E-state index in [0.29, 0.717) is 11.6 Å². The van der Waals surface area contributed by atoms with E-state index in [2.05, 4.69) is 15.5 Å². The van der Waals surface area contributed by atoms with Gasteiger partial charge in [0.25, 0.3) is 0 Å². The number of tetrazole rings is 1. The molecule has 23 heavy (non-hydrogen) atoms. The summed E-state index contributed by atoms with van der Waals surface area (Å²) in [4.78, 5) is 12.6. The van der Waals surface area contributed by atoms with Gasteiger partial charge >= 0.3 is 0 Å². The van der Waals surface area contributed by atoms with Gasteiger partial charge in [-0.15, -0.1) is 5.10 Å². The summed E-state index contributed by atoms with van der Waals surface area (Å²) < 4.78 is 7.01. The minimum Gasteiger partial charge on any atom is -0.497 e. The Morgan fingerprint density at radius 1 is 1.30 bits per heavy atom. The third-order valence-corrected chi connectivity index (χ3v) is 5.21. The zero-order valence-electron chi connectivity index (χ0n) is 13.3. The fraction of sp³-hybridized carbons (Fsp3) is 0.500. The summed E-state index contributed by atoms with van der Waals surface area (Å²) in [6, 6.07) is 7.55. The number of rotatable bonds is 6. The van der Waals surface area contributed by atoms with Crippen molar-refractivity contribution in [3.63, 3.8) is 0 Å². The molecule has 1 aliphatic rings. The predicted molar refractivity (Wildman–Crippen MR) is 88.0 cm³/mol. The number of carbonyl (C=O) groups excluding carboxylic acids is 1. The van der Waals surface area contributed by atoms with Gasteiger partial charge in [0.15, 0.2) is 5.78 Å². The maximum atomic E-state index is 12.6. The first-order valence-electron chi connectivity index (χ1n) is 7.82. The van der Waals surface area contributed by atoms with Gasteiger partial charge in [0.1, 0.15) is 5.75 Å². The molecular weight excluding hydrogens is 312 g/mol. The molecule has 1 fully saturated rings. The Hall–Kier alpha value is -1.89. The third-order valence-electron chi connectivity index (χ3n) is 4.16. The van der Waals surface area contributed by atoms with E-state index in [9.17, 15) is 4.79 Å². The van der Waals surface area contributed by atoms with Crippen molar-refractivity contribution in [2.45, 2.75) is 49.1 Å². The number of ketones is 1. The summed E-state index contributed by atoms with van der Waals surface area (Å²) in [5.41, 5.74) is 0.672. The van der Waals surface area contributed by atoms with Crippen LogP contribution in [-0.4, -0.2) is 38.4 Å². The number of hydrogen-bond acceptors (Lipinski definition) is 6. The first-order valence-corrected chi connectivity index (χ1v) is 8.70. The second-order valence-corrected chi connectivity index (χ2v) is 7.01. The lowest BCUT2D eigenvalue weighted by molar-refractivity contribution is 0.0993. The second-order valence-electron chi connectivity index (χ2n) is 5.70. The third kappa shape index (κ3) is 3.55. The minimum atomic E-state index is -0.241. The van der Waals surface area contributed by atoms with Gasteiger partial charge in [-0.3, -0.25) is 4.79 Å². The summed E-state index contributed by atoms with van der Waals surface area (Å²) in [5.74, 6) is 0.811. The molecule has 1 saturated carbocycles. The first kappa shape index (κ1) is 16.0. The van der Waals surface area contributed by atoms with Crippen LogP contribution in [-0.2, 0) is 0 Å². The number of ether oxygens (including phenoxy) is 1. The molecule has 0 bridgehead atoms.